The Labute approximate surface area is 116 Å². The molecular formula is C11H15ClN2O4S. The Morgan fingerprint density at radius 2 is 2.32 bits per heavy atom. The highest BCUT2D eigenvalue weighted by molar-refractivity contribution is 7.89. The number of rotatable bonds is 4. The number of sulfonamides is 1. The molecule has 0 aromatic carbocycles. The highest BCUT2D eigenvalue weighted by Gasteiger charge is 2.26. The third-order valence-corrected chi connectivity index (χ3v) is 5.11. The summed E-state index contributed by atoms with van der Waals surface area (Å²) in [6, 6.07) is 1.15. The van der Waals surface area contributed by atoms with E-state index in [0.29, 0.717) is 13.2 Å². The summed E-state index contributed by atoms with van der Waals surface area (Å²) in [5.41, 5.74) is -0.512. The van der Waals surface area contributed by atoms with Crippen molar-refractivity contribution < 1.29 is 13.2 Å². The molecule has 0 saturated carbocycles. The van der Waals surface area contributed by atoms with Crippen LogP contribution in [0.1, 0.15) is 12.8 Å². The lowest BCUT2D eigenvalue weighted by Gasteiger charge is -2.20. The van der Waals surface area contributed by atoms with Crippen molar-refractivity contribution in [3.63, 3.8) is 0 Å². The third-order valence-electron chi connectivity index (χ3n) is 3.02. The van der Waals surface area contributed by atoms with Gasteiger partial charge in [0, 0.05) is 26.4 Å². The van der Waals surface area contributed by atoms with Crippen LogP contribution in [0.2, 0.25) is 5.02 Å². The molecule has 1 saturated heterocycles. The molecule has 0 aliphatic carbocycles. The Kier molecular flexibility index (Phi) is 4.29. The lowest BCUT2D eigenvalue weighted by atomic mass is 10.2. The summed E-state index contributed by atoms with van der Waals surface area (Å²) in [6.45, 7) is 0.960. The van der Waals surface area contributed by atoms with E-state index in [1.54, 1.807) is 0 Å². The van der Waals surface area contributed by atoms with Crippen LogP contribution in [0.5, 0.6) is 0 Å². The molecule has 1 atom stereocenters. The first-order valence-corrected chi connectivity index (χ1v) is 7.69. The van der Waals surface area contributed by atoms with E-state index < -0.39 is 15.6 Å². The summed E-state index contributed by atoms with van der Waals surface area (Å²) in [7, 11) is -2.18. The fourth-order valence-electron chi connectivity index (χ4n) is 1.94. The van der Waals surface area contributed by atoms with E-state index in [1.807, 2.05) is 0 Å². The van der Waals surface area contributed by atoms with Crippen LogP contribution < -0.4 is 5.56 Å². The molecule has 1 N–H and O–H groups in total. The van der Waals surface area contributed by atoms with Gasteiger partial charge in [-0.2, -0.15) is 4.31 Å². The molecule has 19 heavy (non-hydrogen) atoms. The Morgan fingerprint density at radius 3 is 2.89 bits per heavy atom. The van der Waals surface area contributed by atoms with E-state index in [9.17, 15) is 13.2 Å². The molecule has 2 rings (SSSR count). The van der Waals surface area contributed by atoms with Gasteiger partial charge in [-0.1, -0.05) is 11.6 Å². The van der Waals surface area contributed by atoms with Gasteiger partial charge in [0.1, 0.15) is 5.02 Å². The Hall–Kier alpha value is -0.890. The Bertz CT molecular complexity index is 607. The van der Waals surface area contributed by atoms with Crippen molar-refractivity contribution in [2.24, 2.45) is 0 Å². The number of H-pyrrole nitrogens is 1. The number of hydrogen-bond acceptors (Lipinski definition) is 4. The van der Waals surface area contributed by atoms with Crippen molar-refractivity contribution in [2.75, 3.05) is 20.2 Å². The predicted molar refractivity (Wildman–Crippen MR) is 70.9 cm³/mol. The predicted octanol–water partition coefficient (Wildman–Crippen LogP) is 0.828. The minimum absolute atomic E-state index is 0.0300. The molecule has 0 spiro atoms. The number of aromatic amines is 1. The van der Waals surface area contributed by atoms with Gasteiger partial charge >= 0.3 is 0 Å². The van der Waals surface area contributed by atoms with E-state index in [-0.39, 0.29) is 16.0 Å². The highest BCUT2D eigenvalue weighted by Crippen LogP contribution is 2.19. The molecule has 6 nitrogen and oxygen atoms in total. The Morgan fingerprint density at radius 1 is 1.58 bits per heavy atom. The third kappa shape index (κ3) is 3.17. The zero-order valence-electron chi connectivity index (χ0n) is 10.4. The van der Waals surface area contributed by atoms with Gasteiger partial charge in [0.25, 0.3) is 5.56 Å². The van der Waals surface area contributed by atoms with E-state index in [0.717, 1.165) is 25.1 Å². The summed E-state index contributed by atoms with van der Waals surface area (Å²) >= 11 is 5.64. The largest absolute Gasteiger partial charge is 0.377 e. The van der Waals surface area contributed by atoms with Crippen molar-refractivity contribution in [1.82, 2.24) is 9.29 Å². The summed E-state index contributed by atoms with van der Waals surface area (Å²) < 4.78 is 31.2. The maximum absolute atomic E-state index is 12.3. The van der Waals surface area contributed by atoms with Crippen LogP contribution in [0, 0.1) is 0 Å². The molecule has 1 unspecified atom stereocenters. The van der Waals surface area contributed by atoms with Crippen molar-refractivity contribution in [2.45, 2.75) is 23.8 Å². The standard InChI is InChI=1S/C11H15ClN2O4S/c1-14(7-8-3-2-4-18-8)19(16,17)9-5-10(12)11(15)13-6-9/h5-6,8H,2-4,7H2,1H3,(H,13,15). The number of nitrogens with zero attached hydrogens (tertiary/aromatic N) is 1. The molecule has 8 heteroatoms. The first-order valence-electron chi connectivity index (χ1n) is 5.87. The second-order valence-electron chi connectivity index (χ2n) is 4.43. The number of halogens is 1. The van der Waals surface area contributed by atoms with E-state index in [4.69, 9.17) is 16.3 Å². The van der Waals surface area contributed by atoms with Crippen LogP contribution in [0.4, 0.5) is 0 Å². The van der Waals surface area contributed by atoms with Crippen LogP contribution in [0.25, 0.3) is 0 Å². The first-order chi connectivity index (χ1) is 8.91. The number of hydrogen-bond donors (Lipinski definition) is 1. The molecule has 0 radical (unpaired) electrons. The SMILES string of the molecule is CN(CC1CCCO1)S(=O)(=O)c1c[nH]c(=O)c(Cl)c1. The van der Waals surface area contributed by atoms with E-state index >= 15 is 0 Å². The monoisotopic (exact) mass is 306 g/mol. The van der Waals surface area contributed by atoms with Gasteiger partial charge in [0.2, 0.25) is 10.0 Å². The molecule has 1 aromatic heterocycles. The van der Waals surface area contributed by atoms with Gasteiger partial charge in [-0.05, 0) is 18.9 Å². The summed E-state index contributed by atoms with van der Waals surface area (Å²) in [4.78, 5) is 13.4. The molecule has 1 aliphatic rings. The fraction of sp³-hybridized carbons (Fsp3) is 0.545. The van der Waals surface area contributed by atoms with Crippen molar-refractivity contribution >= 4 is 21.6 Å². The highest BCUT2D eigenvalue weighted by atomic mass is 35.5. The quantitative estimate of drug-likeness (QED) is 0.893. The maximum Gasteiger partial charge on any atom is 0.266 e. The van der Waals surface area contributed by atoms with Crippen LogP contribution >= 0.6 is 11.6 Å². The molecule has 0 amide bonds. The number of aromatic nitrogens is 1. The first kappa shape index (κ1) is 14.5. The average molecular weight is 307 g/mol. The summed E-state index contributed by atoms with van der Waals surface area (Å²) in [5, 5.41) is -0.147. The maximum atomic E-state index is 12.3. The lowest BCUT2D eigenvalue weighted by Crippen LogP contribution is -2.34. The number of likely N-dealkylation sites (N-methyl/N-ethyl adjacent to an activating group) is 1. The lowest BCUT2D eigenvalue weighted by molar-refractivity contribution is 0.0979. The molecule has 0 bridgehead atoms. The average Bonchev–Trinajstić information content (AvgIpc) is 2.85. The van der Waals surface area contributed by atoms with Crippen LogP contribution in [-0.4, -0.2) is 44.0 Å². The van der Waals surface area contributed by atoms with Crippen molar-refractivity contribution in [3.05, 3.63) is 27.6 Å². The fourth-order valence-corrected chi connectivity index (χ4v) is 3.37. The zero-order valence-corrected chi connectivity index (χ0v) is 12.0. The number of ether oxygens (including phenoxy) is 1. The molecule has 1 aliphatic heterocycles. The van der Waals surface area contributed by atoms with Gasteiger partial charge in [-0.3, -0.25) is 4.79 Å². The molecular weight excluding hydrogens is 292 g/mol. The second-order valence-corrected chi connectivity index (χ2v) is 6.89. The molecule has 1 fully saturated rings. The summed E-state index contributed by atoms with van der Waals surface area (Å²) in [6.07, 6.45) is 2.88. The second kappa shape index (κ2) is 5.62. The van der Waals surface area contributed by atoms with E-state index in [1.165, 1.54) is 11.4 Å². The molecule has 1 aromatic rings. The van der Waals surface area contributed by atoms with Gasteiger partial charge in [-0.15, -0.1) is 0 Å². The topological polar surface area (TPSA) is 79.5 Å². The number of nitrogens with one attached hydrogen (secondary N) is 1. The Balaban J connectivity index is 2.20. The zero-order chi connectivity index (χ0) is 14.0. The molecule has 2 heterocycles. The van der Waals surface area contributed by atoms with Gasteiger partial charge < -0.3 is 9.72 Å². The van der Waals surface area contributed by atoms with Crippen molar-refractivity contribution in [3.8, 4) is 0 Å². The van der Waals surface area contributed by atoms with Gasteiger partial charge in [0.05, 0.1) is 11.0 Å². The van der Waals surface area contributed by atoms with Gasteiger partial charge in [-0.25, -0.2) is 8.42 Å². The smallest absolute Gasteiger partial charge is 0.266 e. The normalized spacial score (nSPS) is 20.1. The van der Waals surface area contributed by atoms with Gasteiger partial charge in [0.15, 0.2) is 0 Å². The van der Waals surface area contributed by atoms with Crippen LogP contribution in [0.15, 0.2) is 22.0 Å². The molecule has 106 valence electrons. The van der Waals surface area contributed by atoms with Crippen LogP contribution in [-0.2, 0) is 14.8 Å². The minimum atomic E-state index is -3.67. The number of pyridine rings is 1. The van der Waals surface area contributed by atoms with E-state index in [2.05, 4.69) is 4.98 Å². The van der Waals surface area contributed by atoms with Crippen molar-refractivity contribution in [1.29, 1.82) is 0 Å². The van der Waals surface area contributed by atoms with Crippen LogP contribution in [0.3, 0.4) is 0 Å². The summed E-state index contributed by atoms with van der Waals surface area (Å²) in [5.74, 6) is 0. The minimum Gasteiger partial charge on any atom is -0.377 e.